The van der Waals surface area contributed by atoms with E-state index in [2.05, 4.69) is 5.32 Å². The molecule has 0 aliphatic carbocycles. The van der Waals surface area contributed by atoms with Crippen LogP contribution in [0.5, 0.6) is 0 Å². The van der Waals surface area contributed by atoms with Crippen LogP contribution in [0, 0.1) is 0 Å². The third-order valence-electron chi connectivity index (χ3n) is 2.34. The summed E-state index contributed by atoms with van der Waals surface area (Å²) in [5, 5.41) is 12.5. The third-order valence-corrected chi connectivity index (χ3v) is 2.78. The molecule has 0 aromatic heterocycles. The maximum absolute atomic E-state index is 12.0. The molecule has 100 valence electrons. The first-order chi connectivity index (χ1) is 8.43. The standard InChI is InChI=1S/C12H16Cl2N2O2/c1-8(2)16(3-4-17)12(18)15-11-6-9(13)5-10(14)7-11/h5-8,17H,3-4H2,1-2H3,(H,15,18). The van der Waals surface area contributed by atoms with Gasteiger partial charge in [-0.2, -0.15) is 0 Å². The van der Waals surface area contributed by atoms with Crippen molar-refractivity contribution in [1.29, 1.82) is 0 Å². The van der Waals surface area contributed by atoms with E-state index in [-0.39, 0.29) is 25.2 Å². The summed E-state index contributed by atoms with van der Waals surface area (Å²) in [4.78, 5) is 13.5. The minimum absolute atomic E-state index is 0.00759. The molecule has 0 aliphatic heterocycles. The lowest BCUT2D eigenvalue weighted by atomic mass is 10.3. The lowest BCUT2D eigenvalue weighted by Gasteiger charge is -2.26. The number of rotatable bonds is 4. The average Bonchev–Trinajstić information content (AvgIpc) is 2.23. The average molecular weight is 291 g/mol. The van der Waals surface area contributed by atoms with Crippen molar-refractivity contribution in [2.75, 3.05) is 18.5 Å². The zero-order valence-corrected chi connectivity index (χ0v) is 11.8. The van der Waals surface area contributed by atoms with Gasteiger partial charge in [-0.15, -0.1) is 0 Å². The molecule has 2 N–H and O–H groups in total. The number of aliphatic hydroxyl groups excluding tert-OH is 1. The van der Waals surface area contributed by atoms with E-state index in [1.54, 1.807) is 18.2 Å². The normalized spacial score (nSPS) is 10.6. The van der Waals surface area contributed by atoms with E-state index in [0.717, 1.165) is 0 Å². The van der Waals surface area contributed by atoms with Crippen LogP contribution < -0.4 is 5.32 Å². The van der Waals surface area contributed by atoms with Crippen LogP contribution in [-0.2, 0) is 0 Å². The highest BCUT2D eigenvalue weighted by atomic mass is 35.5. The van der Waals surface area contributed by atoms with Gasteiger partial charge in [0.1, 0.15) is 0 Å². The number of aliphatic hydroxyl groups is 1. The highest BCUT2D eigenvalue weighted by Crippen LogP contribution is 2.22. The Morgan fingerprint density at radius 1 is 1.33 bits per heavy atom. The first-order valence-electron chi connectivity index (χ1n) is 5.58. The molecule has 6 heteroatoms. The van der Waals surface area contributed by atoms with E-state index in [1.165, 1.54) is 4.90 Å². The number of hydrogen-bond acceptors (Lipinski definition) is 2. The molecular weight excluding hydrogens is 275 g/mol. The Bertz CT molecular complexity index is 404. The fourth-order valence-electron chi connectivity index (χ4n) is 1.52. The Labute approximate surface area is 116 Å². The molecule has 18 heavy (non-hydrogen) atoms. The van der Waals surface area contributed by atoms with Gasteiger partial charge in [-0.3, -0.25) is 0 Å². The van der Waals surface area contributed by atoms with Crippen LogP contribution in [0.25, 0.3) is 0 Å². The summed E-state index contributed by atoms with van der Waals surface area (Å²) in [6, 6.07) is 4.52. The van der Waals surface area contributed by atoms with Crippen molar-refractivity contribution >= 4 is 34.9 Å². The summed E-state index contributed by atoms with van der Waals surface area (Å²) in [6.45, 7) is 3.94. The number of carbonyl (C=O) groups is 1. The van der Waals surface area contributed by atoms with Gasteiger partial charge in [-0.25, -0.2) is 4.79 Å². The van der Waals surface area contributed by atoms with Gasteiger partial charge in [0.15, 0.2) is 0 Å². The van der Waals surface area contributed by atoms with E-state index in [0.29, 0.717) is 15.7 Å². The second-order valence-corrected chi connectivity index (χ2v) is 4.97. The maximum atomic E-state index is 12.0. The molecule has 1 rings (SSSR count). The minimum atomic E-state index is -0.294. The third kappa shape index (κ3) is 4.37. The largest absolute Gasteiger partial charge is 0.395 e. The molecule has 4 nitrogen and oxygen atoms in total. The summed E-state index contributed by atoms with van der Waals surface area (Å²) in [6.07, 6.45) is 0. The van der Waals surface area contributed by atoms with Gasteiger partial charge in [-0.05, 0) is 32.0 Å². The van der Waals surface area contributed by atoms with E-state index < -0.39 is 0 Å². The second-order valence-electron chi connectivity index (χ2n) is 4.10. The van der Waals surface area contributed by atoms with Gasteiger partial charge < -0.3 is 15.3 Å². The molecule has 0 bridgehead atoms. The highest BCUT2D eigenvalue weighted by Gasteiger charge is 2.16. The molecule has 0 heterocycles. The van der Waals surface area contributed by atoms with Gasteiger partial charge in [0, 0.05) is 28.3 Å². The second kappa shape index (κ2) is 6.83. The predicted octanol–water partition coefficient (Wildman–Crippen LogP) is 3.23. The molecule has 2 amide bonds. The molecule has 0 fully saturated rings. The number of amides is 2. The summed E-state index contributed by atoms with van der Waals surface area (Å²) >= 11 is 11.7. The molecule has 0 radical (unpaired) electrons. The summed E-state index contributed by atoms with van der Waals surface area (Å²) in [7, 11) is 0. The molecule has 0 saturated carbocycles. The molecule has 1 aromatic rings. The van der Waals surface area contributed by atoms with Crippen LogP contribution in [0.4, 0.5) is 10.5 Å². The van der Waals surface area contributed by atoms with Gasteiger partial charge >= 0.3 is 6.03 Å². The highest BCUT2D eigenvalue weighted by molar-refractivity contribution is 6.35. The molecule has 0 aliphatic rings. The maximum Gasteiger partial charge on any atom is 0.322 e. The first-order valence-corrected chi connectivity index (χ1v) is 6.34. The topological polar surface area (TPSA) is 52.6 Å². The number of nitrogens with zero attached hydrogens (tertiary/aromatic N) is 1. The zero-order valence-electron chi connectivity index (χ0n) is 10.3. The lowest BCUT2D eigenvalue weighted by Crippen LogP contribution is -2.41. The number of urea groups is 1. The van der Waals surface area contributed by atoms with Crippen molar-refractivity contribution in [2.45, 2.75) is 19.9 Å². The van der Waals surface area contributed by atoms with Crippen molar-refractivity contribution in [1.82, 2.24) is 4.90 Å². The van der Waals surface area contributed by atoms with Crippen LogP contribution >= 0.6 is 23.2 Å². The van der Waals surface area contributed by atoms with E-state index in [4.69, 9.17) is 28.3 Å². The Kier molecular flexibility index (Phi) is 5.72. The quantitative estimate of drug-likeness (QED) is 0.894. The van der Waals surface area contributed by atoms with Crippen LogP contribution in [0.3, 0.4) is 0 Å². The van der Waals surface area contributed by atoms with Crippen LogP contribution in [0.2, 0.25) is 10.0 Å². The van der Waals surface area contributed by atoms with E-state index in [1.807, 2.05) is 13.8 Å². The Morgan fingerprint density at radius 2 is 1.89 bits per heavy atom. The Hall–Kier alpha value is -0.970. The molecule has 0 unspecified atom stereocenters. The smallest absolute Gasteiger partial charge is 0.322 e. The lowest BCUT2D eigenvalue weighted by molar-refractivity contribution is 0.172. The molecule has 0 spiro atoms. The van der Waals surface area contributed by atoms with Crippen LogP contribution in [0.15, 0.2) is 18.2 Å². The van der Waals surface area contributed by atoms with Crippen molar-refractivity contribution < 1.29 is 9.90 Å². The fraction of sp³-hybridized carbons (Fsp3) is 0.417. The first kappa shape index (κ1) is 15.1. The van der Waals surface area contributed by atoms with Gasteiger partial charge in [0.05, 0.1) is 6.61 Å². The van der Waals surface area contributed by atoms with Gasteiger partial charge in [0.2, 0.25) is 0 Å². The van der Waals surface area contributed by atoms with Crippen molar-refractivity contribution in [3.63, 3.8) is 0 Å². The number of carbonyl (C=O) groups excluding carboxylic acids is 1. The summed E-state index contributed by atoms with van der Waals surface area (Å²) in [5.74, 6) is 0. The summed E-state index contributed by atoms with van der Waals surface area (Å²) in [5.41, 5.74) is 0.529. The zero-order chi connectivity index (χ0) is 13.7. The number of nitrogens with one attached hydrogen (secondary N) is 1. The van der Waals surface area contributed by atoms with Gasteiger partial charge in [-0.1, -0.05) is 23.2 Å². The monoisotopic (exact) mass is 290 g/mol. The predicted molar refractivity (Wildman–Crippen MR) is 74.4 cm³/mol. The van der Waals surface area contributed by atoms with Crippen molar-refractivity contribution in [3.05, 3.63) is 28.2 Å². The number of hydrogen-bond donors (Lipinski definition) is 2. The van der Waals surface area contributed by atoms with E-state index in [9.17, 15) is 4.79 Å². The molecule has 0 atom stereocenters. The number of anilines is 1. The molecule has 0 saturated heterocycles. The van der Waals surface area contributed by atoms with Crippen molar-refractivity contribution in [2.24, 2.45) is 0 Å². The number of halogens is 2. The minimum Gasteiger partial charge on any atom is -0.395 e. The number of benzene rings is 1. The summed E-state index contributed by atoms with van der Waals surface area (Å²) < 4.78 is 0. The van der Waals surface area contributed by atoms with Crippen LogP contribution in [-0.4, -0.2) is 35.2 Å². The molecule has 1 aromatic carbocycles. The van der Waals surface area contributed by atoms with Gasteiger partial charge in [0.25, 0.3) is 0 Å². The Balaban J connectivity index is 2.78. The van der Waals surface area contributed by atoms with Crippen molar-refractivity contribution in [3.8, 4) is 0 Å². The SMILES string of the molecule is CC(C)N(CCO)C(=O)Nc1cc(Cl)cc(Cl)c1. The van der Waals surface area contributed by atoms with Crippen LogP contribution in [0.1, 0.15) is 13.8 Å². The van der Waals surface area contributed by atoms with E-state index >= 15 is 0 Å². The molecular formula is C12H16Cl2N2O2. The Morgan fingerprint density at radius 3 is 2.33 bits per heavy atom. The fourth-order valence-corrected chi connectivity index (χ4v) is 2.05.